The molecule has 12 unspecified atom stereocenters. The van der Waals surface area contributed by atoms with Gasteiger partial charge in [-0.25, -0.2) is 0 Å². The van der Waals surface area contributed by atoms with E-state index < -0.39 is 86.8 Å². The monoisotopic (exact) mass is 1050 g/mol. The molecule has 0 spiro atoms. The normalized spacial score (nSPS) is 25.9. The van der Waals surface area contributed by atoms with E-state index in [2.05, 4.69) is 104 Å². The Morgan fingerprint density at radius 3 is 1.41 bits per heavy atom. The number of ether oxygens (including phenoxy) is 4. The number of hydrogen-bond acceptors (Lipinski definition) is 13. The van der Waals surface area contributed by atoms with Gasteiger partial charge in [-0.3, -0.25) is 4.79 Å². The van der Waals surface area contributed by atoms with Crippen molar-refractivity contribution in [3.8, 4) is 0 Å². The third-order valence-electron chi connectivity index (χ3n) is 13.6. The highest BCUT2D eigenvalue weighted by Crippen LogP contribution is 2.30. The zero-order chi connectivity index (χ0) is 53.9. The van der Waals surface area contributed by atoms with Gasteiger partial charge >= 0.3 is 0 Å². The lowest BCUT2D eigenvalue weighted by Gasteiger charge is -2.46. The lowest BCUT2D eigenvalue weighted by Crippen LogP contribution is -2.65. The molecule has 2 rings (SSSR count). The molecule has 2 fully saturated rings. The minimum atomic E-state index is -1.78. The Balaban J connectivity index is 1.49. The smallest absolute Gasteiger partial charge is 0.220 e. The molecule has 2 aliphatic heterocycles. The fourth-order valence-electron chi connectivity index (χ4n) is 8.98. The summed E-state index contributed by atoms with van der Waals surface area (Å²) in [6.07, 6.45) is 44.4. The minimum absolute atomic E-state index is 0.222. The average molecular weight is 1050 g/mol. The second-order valence-corrected chi connectivity index (χ2v) is 20.0. The van der Waals surface area contributed by atoms with Gasteiger partial charge in [0.15, 0.2) is 12.6 Å². The van der Waals surface area contributed by atoms with E-state index in [1.165, 1.54) is 77.0 Å². The molecule has 2 saturated heterocycles. The molecular weight excluding hydrogens is 943 g/mol. The molecule has 12 atom stereocenters. The van der Waals surface area contributed by atoms with Crippen LogP contribution in [-0.2, 0) is 23.7 Å². The molecule has 2 heterocycles. The molecule has 0 bridgehead atoms. The van der Waals surface area contributed by atoms with Gasteiger partial charge in [0.05, 0.1) is 32.0 Å². The summed E-state index contributed by atoms with van der Waals surface area (Å²) in [7, 11) is 0. The molecule has 426 valence electrons. The van der Waals surface area contributed by atoms with E-state index in [4.69, 9.17) is 18.9 Å². The zero-order valence-corrected chi connectivity index (χ0v) is 45.6. The number of carbonyl (C=O) groups excluding carboxylic acids is 1. The van der Waals surface area contributed by atoms with E-state index in [0.717, 1.165) is 89.9 Å². The number of rotatable bonds is 44. The third-order valence-corrected chi connectivity index (χ3v) is 13.6. The Hall–Kier alpha value is -2.83. The zero-order valence-electron chi connectivity index (χ0n) is 45.6. The van der Waals surface area contributed by atoms with Crippen molar-refractivity contribution < 1.29 is 64.6 Å². The summed E-state index contributed by atoms with van der Waals surface area (Å²) in [5.74, 6) is -0.222. The molecule has 0 aromatic rings. The van der Waals surface area contributed by atoms with Crippen molar-refractivity contribution in [1.29, 1.82) is 0 Å². The van der Waals surface area contributed by atoms with Gasteiger partial charge < -0.3 is 65.1 Å². The highest BCUT2D eigenvalue weighted by Gasteiger charge is 2.51. The number of amides is 1. The average Bonchev–Trinajstić information content (AvgIpc) is 3.40. The molecule has 0 saturated carbocycles. The summed E-state index contributed by atoms with van der Waals surface area (Å²) < 4.78 is 22.6. The van der Waals surface area contributed by atoms with Gasteiger partial charge in [-0.1, -0.05) is 202 Å². The number of aliphatic hydroxyl groups excluding tert-OH is 8. The standard InChI is InChI=1S/C60H103NO13/c1-3-5-7-8-9-10-11-12-13-14-15-16-17-18-19-20-21-22-23-24-25-26-27-28-29-30-31-32-33-34-35-36-37-38-39-40-42-44-52(65)61-48(49(64)43-41-6-4-2)47-71-59-57(70)55(68)58(51(46-63)73-59)74-60-56(69)54(67)53(66)50(45-62)72-60/h5,7,9-10,12-13,15-16,18-19,21-22,24-25,48-51,53-60,62-64,66-70H,3-4,6,8,11,14,17,20,23,26-47H2,1-2H3,(H,61,65)/b7-5-,10-9-,13-12-,16-15-,19-18-,22-21-,25-24-. The fraction of sp³-hybridized carbons (Fsp3) is 0.750. The van der Waals surface area contributed by atoms with Crippen LogP contribution in [0.1, 0.15) is 194 Å². The number of nitrogens with one attached hydrogen (secondary N) is 1. The van der Waals surface area contributed by atoms with Crippen molar-refractivity contribution in [2.75, 3.05) is 19.8 Å². The molecule has 2 aliphatic rings. The largest absolute Gasteiger partial charge is 0.394 e. The van der Waals surface area contributed by atoms with Crippen LogP contribution in [-0.4, -0.2) is 140 Å². The van der Waals surface area contributed by atoms with E-state index in [0.29, 0.717) is 12.8 Å². The first kappa shape index (κ1) is 67.3. The lowest BCUT2D eigenvalue weighted by atomic mass is 9.97. The van der Waals surface area contributed by atoms with Crippen LogP contribution in [0.3, 0.4) is 0 Å². The molecule has 0 aliphatic carbocycles. The van der Waals surface area contributed by atoms with Crippen LogP contribution in [0.25, 0.3) is 0 Å². The van der Waals surface area contributed by atoms with Gasteiger partial charge in [0, 0.05) is 6.42 Å². The van der Waals surface area contributed by atoms with Gasteiger partial charge in [-0.2, -0.15) is 0 Å². The molecular formula is C60H103NO13. The SMILES string of the molecule is CC/C=C\C/C=C\C/C=C\C/C=C\C/C=C\C/C=C\C/C=C\CCCCCCCCCCCCCCCCCC(=O)NC(COC1OC(CO)C(OC2OC(CO)C(O)C(O)C2O)C(O)C1O)C(O)CCCCC. The molecule has 14 heteroatoms. The van der Waals surface area contributed by atoms with E-state index in [9.17, 15) is 45.6 Å². The van der Waals surface area contributed by atoms with Crippen molar-refractivity contribution in [3.05, 3.63) is 85.1 Å². The van der Waals surface area contributed by atoms with Gasteiger partial charge in [-0.15, -0.1) is 0 Å². The Bertz CT molecular complexity index is 1560. The number of aliphatic hydroxyl groups is 8. The molecule has 0 aromatic carbocycles. The fourth-order valence-corrected chi connectivity index (χ4v) is 8.98. The van der Waals surface area contributed by atoms with Crippen molar-refractivity contribution in [1.82, 2.24) is 5.32 Å². The Morgan fingerprint density at radius 2 is 0.932 bits per heavy atom. The van der Waals surface area contributed by atoms with E-state index >= 15 is 0 Å². The highest BCUT2D eigenvalue weighted by atomic mass is 16.7. The van der Waals surface area contributed by atoms with E-state index in [1.54, 1.807) is 0 Å². The third kappa shape index (κ3) is 30.8. The first-order chi connectivity index (χ1) is 36.1. The van der Waals surface area contributed by atoms with Crippen LogP contribution in [0.2, 0.25) is 0 Å². The first-order valence-electron chi connectivity index (χ1n) is 28.8. The predicted octanol–water partition coefficient (Wildman–Crippen LogP) is 9.33. The highest BCUT2D eigenvalue weighted by molar-refractivity contribution is 5.76. The Morgan fingerprint density at radius 1 is 0.500 bits per heavy atom. The van der Waals surface area contributed by atoms with Gasteiger partial charge in [0.1, 0.15) is 48.8 Å². The van der Waals surface area contributed by atoms with Crippen LogP contribution < -0.4 is 5.32 Å². The summed E-state index contributed by atoms with van der Waals surface area (Å²) in [5.41, 5.74) is 0. The minimum Gasteiger partial charge on any atom is -0.394 e. The van der Waals surface area contributed by atoms with E-state index in [-0.39, 0.29) is 12.5 Å². The van der Waals surface area contributed by atoms with E-state index in [1.807, 2.05) is 0 Å². The van der Waals surface area contributed by atoms with Gasteiger partial charge in [0.2, 0.25) is 5.91 Å². The van der Waals surface area contributed by atoms with Gasteiger partial charge in [0.25, 0.3) is 0 Å². The molecule has 9 N–H and O–H groups in total. The van der Waals surface area contributed by atoms with Crippen LogP contribution in [0.4, 0.5) is 0 Å². The maximum absolute atomic E-state index is 13.0. The lowest BCUT2D eigenvalue weighted by molar-refractivity contribution is -0.359. The van der Waals surface area contributed by atoms with Crippen LogP contribution >= 0.6 is 0 Å². The quantitative estimate of drug-likeness (QED) is 0.0205. The predicted molar refractivity (Wildman–Crippen MR) is 295 cm³/mol. The summed E-state index contributed by atoms with van der Waals surface area (Å²) in [4.78, 5) is 13.0. The summed E-state index contributed by atoms with van der Waals surface area (Å²) in [5, 5.41) is 86.2. The first-order valence-corrected chi connectivity index (χ1v) is 28.8. The number of hydrogen-bond donors (Lipinski definition) is 9. The van der Waals surface area contributed by atoms with Crippen LogP contribution in [0.15, 0.2) is 85.1 Å². The molecule has 74 heavy (non-hydrogen) atoms. The molecule has 14 nitrogen and oxygen atoms in total. The van der Waals surface area contributed by atoms with Crippen molar-refractivity contribution in [2.45, 2.75) is 267 Å². The number of allylic oxidation sites excluding steroid dienone is 14. The van der Waals surface area contributed by atoms with Crippen LogP contribution in [0.5, 0.6) is 0 Å². The summed E-state index contributed by atoms with van der Waals surface area (Å²) in [6, 6.07) is -0.827. The van der Waals surface area contributed by atoms with Gasteiger partial charge in [-0.05, 0) is 70.6 Å². The van der Waals surface area contributed by atoms with Crippen molar-refractivity contribution in [3.63, 3.8) is 0 Å². The number of carbonyl (C=O) groups is 1. The maximum Gasteiger partial charge on any atom is 0.220 e. The molecule has 0 aromatic heterocycles. The molecule has 1 amide bonds. The van der Waals surface area contributed by atoms with Crippen molar-refractivity contribution in [2.24, 2.45) is 0 Å². The Labute approximate surface area is 446 Å². The molecule has 0 radical (unpaired) electrons. The topological polar surface area (TPSA) is 228 Å². The maximum atomic E-state index is 13.0. The van der Waals surface area contributed by atoms with Crippen LogP contribution in [0, 0.1) is 0 Å². The number of unbranched alkanes of at least 4 members (excludes halogenated alkanes) is 17. The van der Waals surface area contributed by atoms with Crippen molar-refractivity contribution >= 4 is 5.91 Å². The summed E-state index contributed by atoms with van der Waals surface area (Å²) in [6.45, 7) is 2.55. The second-order valence-electron chi connectivity index (χ2n) is 20.0. The summed E-state index contributed by atoms with van der Waals surface area (Å²) >= 11 is 0. The second kappa shape index (κ2) is 45.2. The Kier molecular flexibility index (Phi) is 41.1.